The van der Waals surface area contributed by atoms with Crippen LogP contribution < -0.4 is 15.8 Å². The fourth-order valence-electron chi connectivity index (χ4n) is 5.99. The number of nitrogens with zero attached hydrogens (tertiary/aromatic N) is 3. The summed E-state index contributed by atoms with van der Waals surface area (Å²) >= 11 is 0. The van der Waals surface area contributed by atoms with Crippen LogP contribution in [0.15, 0.2) is 65.8 Å². The molecule has 2 N–H and O–H groups in total. The second-order valence-electron chi connectivity index (χ2n) is 11.1. The Morgan fingerprint density at radius 1 is 1.12 bits per heavy atom. The standard InChI is InChI=1S/C30H32N5O4Si/c1-29(11-12-29)40(21-6-4-3-5-7-21)25(19-31-26(36)24-10-15-32-35(24)2)27(37)33-20-8-9-22-23(18-20)34-28(38)30(22)13-16-39-17-14-30/h3-10,15,18-19,25H,11-14,16-17H2,1-2H3,(H,33,37)(H,34,38). The average Bonchev–Trinajstić information content (AvgIpc) is 3.45. The molecule has 205 valence electrons. The summed E-state index contributed by atoms with van der Waals surface area (Å²) < 4.78 is 6.98. The largest absolute Gasteiger partial charge is 0.381 e. The summed E-state index contributed by atoms with van der Waals surface area (Å²) in [5, 5.41) is 11.3. The van der Waals surface area contributed by atoms with Crippen LogP contribution in [0, 0.1) is 0 Å². The number of carbonyl (C=O) groups is 3. The number of hydrogen-bond acceptors (Lipinski definition) is 5. The summed E-state index contributed by atoms with van der Waals surface area (Å²) in [6.07, 6.45) is 6.43. The topological polar surface area (TPSA) is 115 Å². The highest BCUT2D eigenvalue weighted by molar-refractivity contribution is 6.83. The summed E-state index contributed by atoms with van der Waals surface area (Å²) in [6, 6.07) is 17.4. The van der Waals surface area contributed by atoms with Gasteiger partial charge in [0.2, 0.25) is 11.8 Å². The Hall–Kier alpha value is -3.89. The highest BCUT2D eigenvalue weighted by Gasteiger charge is 2.52. The maximum atomic E-state index is 14.0. The molecule has 1 saturated heterocycles. The van der Waals surface area contributed by atoms with Crippen LogP contribution in [0.3, 0.4) is 0 Å². The Balaban J connectivity index is 1.31. The first-order valence-corrected chi connectivity index (χ1v) is 15.2. The molecule has 0 bridgehead atoms. The van der Waals surface area contributed by atoms with Crippen molar-refractivity contribution >= 4 is 49.3 Å². The Morgan fingerprint density at radius 2 is 1.88 bits per heavy atom. The van der Waals surface area contributed by atoms with Crippen LogP contribution in [-0.4, -0.2) is 55.7 Å². The number of benzene rings is 2. The molecule has 3 aliphatic rings. The lowest BCUT2D eigenvalue weighted by atomic mass is 9.75. The minimum Gasteiger partial charge on any atom is -0.381 e. The zero-order valence-electron chi connectivity index (χ0n) is 22.6. The first-order valence-electron chi connectivity index (χ1n) is 13.6. The Bertz CT molecular complexity index is 1490. The predicted octanol–water partition coefficient (Wildman–Crippen LogP) is 3.60. The van der Waals surface area contributed by atoms with E-state index in [0.717, 1.165) is 29.3 Å². The molecular weight excluding hydrogens is 522 g/mol. The normalized spacial score (nSPS) is 19.4. The molecule has 1 spiro atoms. The first kappa shape index (κ1) is 26.3. The fraction of sp³-hybridized carbons (Fsp3) is 0.367. The first-order chi connectivity index (χ1) is 19.3. The summed E-state index contributed by atoms with van der Waals surface area (Å²) in [6.45, 7) is 3.32. The zero-order valence-corrected chi connectivity index (χ0v) is 23.6. The Kier molecular flexibility index (Phi) is 6.75. The van der Waals surface area contributed by atoms with Gasteiger partial charge in [-0.25, -0.2) is 4.99 Å². The lowest BCUT2D eigenvalue weighted by Gasteiger charge is -2.31. The van der Waals surface area contributed by atoms with Crippen molar-refractivity contribution in [3.05, 3.63) is 72.1 Å². The van der Waals surface area contributed by atoms with Crippen molar-refractivity contribution in [2.75, 3.05) is 23.8 Å². The molecule has 2 fully saturated rings. The molecule has 3 amide bonds. The van der Waals surface area contributed by atoms with Gasteiger partial charge in [0.05, 0.1) is 11.0 Å². The number of aryl methyl sites for hydroxylation is 1. The molecule has 9 nitrogen and oxygen atoms in total. The molecule has 3 heterocycles. The number of aliphatic imine (C=N–C) groups is 1. The van der Waals surface area contributed by atoms with Crippen molar-refractivity contribution in [3.63, 3.8) is 0 Å². The predicted molar refractivity (Wildman–Crippen MR) is 155 cm³/mol. The summed E-state index contributed by atoms with van der Waals surface area (Å²) in [7, 11) is 0.171. The van der Waals surface area contributed by atoms with Crippen molar-refractivity contribution in [2.45, 2.75) is 48.6 Å². The van der Waals surface area contributed by atoms with Crippen molar-refractivity contribution < 1.29 is 19.1 Å². The summed E-state index contributed by atoms with van der Waals surface area (Å²) in [5.41, 5.74) is 1.48. The van der Waals surface area contributed by atoms with Crippen LogP contribution in [0.25, 0.3) is 0 Å². The molecule has 1 unspecified atom stereocenters. The van der Waals surface area contributed by atoms with E-state index in [1.165, 1.54) is 4.68 Å². The van der Waals surface area contributed by atoms with Crippen LogP contribution in [0.1, 0.15) is 48.7 Å². The number of hydrogen-bond donors (Lipinski definition) is 2. The SMILES string of the molecule is Cn1nccc1C(=O)N=CC(C(=O)Nc1ccc2c(c1)NC(=O)C21CCOCC1)[Si](c1ccccc1)C1(C)CC1. The van der Waals surface area contributed by atoms with E-state index in [0.29, 0.717) is 37.4 Å². The van der Waals surface area contributed by atoms with Crippen LogP contribution in [0.5, 0.6) is 0 Å². The number of nitrogens with one attached hydrogen (secondary N) is 2. The van der Waals surface area contributed by atoms with E-state index in [1.54, 1.807) is 25.5 Å². The number of fused-ring (bicyclic) bond motifs is 2. The van der Waals surface area contributed by atoms with E-state index in [4.69, 9.17) is 4.74 Å². The van der Waals surface area contributed by atoms with Crippen molar-refractivity contribution in [1.29, 1.82) is 0 Å². The van der Waals surface area contributed by atoms with Gasteiger partial charge in [0.25, 0.3) is 5.91 Å². The summed E-state index contributed by atoms with van der Waals surface area (Å²) in [5.74, 6) is -0.656. The van der Waals surface area contributed by atoms with Gasteiger partial charge in [0, 0.05) is 44.0 Å². The number of rotatable bonds is 7. The maximum Gasteiger partial charge on any atom is 0.294 e. The van der Waals surface area contributed by atoms with Gasteiger partial charge in [-0.2, -0.15) is 5.10 Å². The molecule has 40 heavy (non-hydrogen) atoms. The molecule has 1 saturated carbocycles. The van der Waals surface area contributed by atoms with E-state index < -0.39 is 25.7 Å². The average molecular weight is 555 g/mol. The van der Waals surface area contributed by atoms with Gasteiger partial charge in [0.1, 0.15) is 14.5 Å². The highest BCUT2D eigenvalue weighted by Crippen LogP contribution is 2.57. The third-order valence-corrected chi connectivity index (χ3v) is 12.3. The molecule has 1 aromatic heterocycles. The molecule has 2 aliphatic heterocycles. The van der Waals surface area contributed by atoms with Gasteiger partial charge in [-0.15, -0.1) is 0 Å². The smallest absolute Gasteiger partial charge is 0.294 e. The lowest BCUT2D eigenvalue weighted by molar-refractivity contribution is -0.124. The van der Waals surface area contributed by atoms with Crippen LogP contribution >= 0.6 is 0 Å². The zero-order chi connectivity index (χ0) is 27.9. The van der Waals surface area contributed by atoms with E-state index in [1.807, 2.05) is 36.4 Å². The van der Waals surface area contributed by atoms with Crippen molar-refractivity contribution in [1.82, 2.24) is 9.78 Å². The quantitative estimate of drug-likeness (QED) is 0.342. The van der Waals surface area contributed by atoms with E-state index in [2.05, 4.69) is 39.8 Å². The van der Waals surface area contributed by atoms with Gasteiger partial charge in [-0.1, -0.05) is 48.5 Å². The number of ether oxygens (including phenoxy) is 1. The van der Waals surface area contributed by atoms with Gasteiger partial charge in [-0.05, 0) is 54.5 Å². The van der Waals surface area contributed by atoms with Gasteiger partial charge < -0.3 is 15.4 Å². The third-order valence-electron chi connectivity index (χ3n) is 8.54. The monoisotopic (exact) mass is 554 g/mol. The molecule has 2 aromatic carbocycles. The maximum absolute atomic E-state index is 14.0. The van der Waals surface area contributed by atoms with E-state index >= 15 is 0 Å². The van der Waals surface area contributed by atoms with Crippen molar-refractivity contribution in [2.24, 2.45) is 12.0 Å². The number of anilines is 2. The van der Waals surface area contributed by atoms with E-state index in [9.17, 15) is 14.4 Å². The Morgan fingerprint density at radius 3 is 2.55 bits per heavy atom. The van der Waals surface area contributed by atoms with Crippen LogP contribution in [-0.2, 0) is 26.8 Å². The third kappa shape index (κ3) is 4.71. The van der Waals surface area contributed by atoms with Gasteiger partial charge in [-0.3, -0.25) is 19.1 Å². The van der Waals surface area contributed by atoms with Gasteiger partial charge >= 0.3 is 0 Å². The number of amides is 3. The second kappa shape index (κ2) is 10.3. The number of aromatic nitrogens is 2. The molecule has 1 radical (unpaired) electrons. The minimum atomic E-state index is -1.52. The lowest BCUT2D eigenvalue weighted by Crippen LogP contribution is -2.45. The molecular formula is C30H32N5O4Si. The molecule has 3 aromatic rings. The molecule has 1 aliphatic carbocycles. The highest BCUT2D eigenvalue weighted by atomic mass is 28.3. The van der Waals surface area contributed by atoms with Gasteiger partial charge in [0.15, 0.2) is 0 Å². The minimum absolute atomic E-state index is 0.0100. The van der Waals surface area contributed by atoms with Crippen LogP contribution in [0.4, 0.5) is 11.4 Å². The molecule has 10 heteroatoms. The fourth-order valence-corrected chi connectivity index (χ4v) is 9.57. The second-order valence-corrected chi connectivity index (χ2v) is 14.4. The number of carbonyl (C=O) groups excluding carboxylic acids is 3. The summed E-state index contributed by atoms with van der Waals surface area (Å²) in [4.78, 5) is 44.2. The molecule has 1 atom stereocenters. The molecule has 6 rings (SSSR count). The van der Waals surface area contributed by atoms with Crippen molar-refractivity contribution in [3.8, 4) is 0 Å². The van der Waals surface area contributed by atoms with Crippen LogP contribution in [0.2, 0.25) is 10.6 Å². The van der Waals surface area contributed by atoms with E-state index in [-0.39, 0.29) is 16.9 Å². The Labute approximate surface area is 234 Å².